The Morgan fingerprint density at radius 1 is 1.15 bits per heavy atom. The van der Waals surface area contributed by atoms with Crippen LogP contribution in [0.1, 0.15) is 20.8 Å². The van der Waals surface area contributed by atoms with Crippen molar-refractivity contribution in [3.05, 3.63) is 76.2 Å². The number of nitrogens with zero attached hydrogens (tertiary/aromatic N) is 1. The Bertz CT molecular complexity index is 895. The minimum Gasteiger partial charge on any atom is -0.487 e. The van der Waals surface area contributed by atoms with Gasteiger partial charge in [-0.1, -0.05) is 18.2 Å². The summed E-state index contributed by atoms with van der Waals surface area (Å²) in [6.45, 7) is -0.292. The quantitative estimate of drug-likeness (QED) is 0.680. The van der Waals surface area contributed by atoms with E-state index in [-0.39, 0.29) is 22.8 Å². The molecule has 0 unspecified atom stereocenters. The van der Waals surface area contributed by atoms with Crippen molar-refractivity contribution in [2.45, 2.75) is 12.8 Å². The molecule has 0 aliphatic heterocycles. The van der Waals surface area contributed by atoms with Gasteiger partial charge >= 0.3 is 6.18 Å². The summed E-state index contributed by atoms with van der Waals surface area (Å²) < 4.78 is 44.6. The summed E-state index contributed by atoms with van der Waals surface area (Å²) >= 11 is 1.14. The Morgan fingerprint density at radius 2 is 1.96 bits per heavy atom. The first-order valence-electron chi connectivity index (χ1n) is 7.52. The van der Waals surface area contributed by atoms with Gasteiger partial charge in [-0.15, -0.1) is 11.3 Å². The van der Waals surface area contributed by atoms with E-state index in [0.717, 1.165) is 17.4 Å². The molecule has 0 radical (unpaired) electrons. The first-order chi connectivity index (χ1) is 12.4. The van der Waals surface area contributed by atoms with E-state index >= 15 is 0 Å². The van der Waals surface area contributed by atoms with Gasteiger partial charge < -0.3 is 10.1 Å². The number of hydrogen-bond acceptors (Lipinski definition) is 4. The van der Waals surface area contributed by atoms with Crippen molar-refractivity contribution in [2.24, 2.45) is 0 Å². The number of anilines is 1. The number of rotatable bonds is 5. The molecule has 0 fully saturated rings. The number of hydrogen-bond donors (Lipinski definition) is 1. The number of benzene rings is 1. The SMILES string of the molecule is O=C(Nc1cccnc1)c1sccc1OCc1ccccc1C(F)(F)F. The molecule has 2 aromatic heterocycles. The van der Waals surface area contributed by atoms with Crippen LogP contribution in [-0.4, -0.2) is 10.9 Å². The molecular formula is C18H13F3N2O2S. The van der Waals surface area contributed by atoms with Crippen molar-refractivity contribution >= 4 is 22.9 Å². The van der Waals surface area contributed by atoms with Crippen LogP contribution in [0, 0.1) is 0 Å². The van der Waals surface area contributed by atoms with Crippen molar-refractivity contribution in [1.29, 1.82) is 0 Å². The summed E-state index contributed by atoms with van der Waals surface area (Å²) in [4.78, 5) is 16.5. The molecule has 4 nitrogen and oxygen atoms in total. The number of nitrogens with one attached hydrogen (secondary N) is 1. The summed E-state index contributed by atoms with van der Waals surface area (Å²) in [6.07, 6.45) is -1.39. The van der Waals surface area contributed by atoms with Crippen molar-refractivity contribution in [1.82, 2.24) is 4.98 Å². The fourth-order valence-corrected chi connectivity index (χ4v) is 3.01. The summed E-state index contributed by atoms with van der Waals surface area (Å²) in [7, 11) is 0. The highest BCUT2D eigenvalue weighted by molar-refractivity contribution is 7.12. The zero-order chi connectivity index (χ0) is 18.6. The lowest BCUT2D eigenvalue weighted by molar-refractivity contribution is -0.138. The van der Waals surface area contributed by atoms with Gasteiger partial charge in [0.25, 0.3) is 5.91 Å². The second-order valence-corrected chi connectivity index (χ2v) is 6.17. The van der Waals surface area contributed by atoms with Gasteiger partial charge in [0.15, 0.2) is 0 Å². The number of pyridine rings is 1. The average molecular weight is 378 g/mol. The molecule has 1 N–H and O–H groups in total. The standard InChI is InChI=1S/C18H13F3N2O2S/c19-18(20,21)14-6-2-1-4-12(14)11-25-15-7-9-26-16(15)17(24)23-13-5-3-8-22-10-13/h1-10H,11H2,(H,23,24). The molecule has 1 amide bonds. The highest BCUT2D eigenvalue weighted by Crippen LogP contribution is 2.33. The Kier molecular flexibility index (Phi) is 5.22. The molecule has 0 aliphatic rings. The Hall–Kier alpha value is -2.87. The maximum absolute atomic E-state index is 13.0. The second-order valence-electron chi connectivity index (χ2n) is 5.25. The lowest BCUT2D eigenvalue weighted by atomic mass is 10.1. The molecule has 0 spiro atoms. The zero-order valence-electron chi connectivity index (χ0n) is 13.3. The van der Waals surface area contributed by atoms with Gasteiger partial charge in [-0.3, -0.25) is 9.78 Å². The molecule has 2 heterocycles. The first kappa shape index (κ1) is 17.9. The predicted octanol–water partition coefficient (Wildman–Crippen LogP) is 4.99. The molecular weight excluding hydrogens is 365 g/mol. The highest BCUT2D eigenvalue weighted by atomic mass is 32.1. The number of alkyl halides is 3. The van der Waals surface area contributed by atoms with E-state index in [4.69, 9.17) is 4.74 Å². The Balaban J connectivity index is 1.73. The van der Waals surface area contributed by atoms with Crippen molar-refractivity contribution < 1.29 is 22.7 Å². The Labute approximate surface area is 151 Å². The summed E-state index contributed by atoms with van der Waals surface area (Å²) in [5.74, 6) is -0.180. The molecule has 134 valence electrons. The van der Waals surface area contributed by atoms with Crippen LogP contribution >= 0.6 is 11.3 Å². The first-order valence-corrected chi connectivity index (χ1v) is 8.40. The average Bonchev–Trinajstić information content (AvgIpc) is 3.09. The third kappa shape index (κ3) is 4.20. The molecule has 0 bridgehead atoms. The van der Waals surface area contributed by atoms with Crippen LogP contribution in [0.5, 0.6) is 5.75 Å². The number of aromatic nitrogens is 1. The van der Waals surface area contributed by atoms with E-state index in [1.54, 1.807) is 29.8 Å². The van der Waals surface area contributed by atoms with E-state index in [0.29, 0.717) is 5.69 Å². The molecule has 1 aromatic carbocycles. The van der Waals surface area contributed by atoms with Gasteiger partial charge in [0.2, 0.25) is 0 Å². The molecule has 8 heteroatoms. The smallest absolute Gasteiger partial charge is 0.416 e. The maximum Gasteiger partial charge on any atom is 0.416 e. The number of amides is 1. The van der Waals surface area contributed by atoms with Crippen molar-refractivity contribution in [3.63, 3.8) is 0 Å². The largest absolute Gasteiger partial charge is 0.487 e. The molecule has 0 saturated carbocycles. The minimum atomic E-state index is -4.46. The van der Waals surface area contributed by atoms with Crippen LogP contribution in [0.25, 0.3) is 0 Å². The molecule has 0 atom stereocenters. The predicted molar refractivity (Wildman–Crippen MR) is 92.3 cm³/mol. The van der Waals surface area contributed by atoms with Crippen LogP contribution in [0.4, 0.5) is 18.9 Å². The maximum atomic E-state index is 13.0. The lowest BCUT2D eigenvalue weighted by Crippen LogP contribution is -2.13. The van der Waals surface area contributed by atoms with E-state index in [1.807, 2.05) is 0 Å². The normalized spacial score (nSPS) is 11.2. The number of thiophene rings is 1. The monoisotopic (exact) mass is 378 g/mol. The number of halogens is 3. The summed E-state index contributed by atoms with van der Waals surface area (Å²) in [5, 5.41) is 4.31. The van der Waals surface area contributed by atoms with E-state index in [1.165, 1.54) is 24.4 Å². The van der Waals surface area contributed by atoms with Crippen LogP contribution in [0.2, 0.25) is 0 Å². The molecule has 26 heavy (non-hydrogen) atoms. The molecule has 3 aromatic rings. The summed E-state index contributed by atoms with van der Waals surface area (Å²) in [6, 6.07) is 10.1. The number of carbonyl (C=O) groups excluding carboxylic acids is 1. The minimum absolute atomic E-state index is 0.00446. The third-order valence-corrected chi connectivity index (χ3v) is 4.36. The zero-order valence-corrected chi connectivity index (χ0v) is 14.1. The van der Waals surface area contributed by atoms with Gasteiger partial charge in [0, 0.05) is 11.8 Å². The summed E-state index contributed by atoms with van der Waals surface area (Å²) in [5.41, 5.74) is -0.235. The van der Waals surface area contributed by atoms with Crippen LogP contribution < -0.4 is 10.1 Å². The lowest BCUT2D eigenvalue weighted by Gasteiger charge is -2.13. The molecule has 0 aliphatic carbocycles. The van der Waals surface area contributed by atoms with Gasteiger partial charge in [-0.2, -0.15) is 13.2 Å². The fraction of sp³-hybridized carbons (Fsp3) is 0.111. The third-order valence-electron chi connectivity index (χ3n) is 3.46. The van der Waals surface area contributed by atoms with E-state index in [2.05, 4.69) is 10.3 Å². The Morgan fingerprint density at radius 3 is 2.69 bits per heavy atom. The van der Waals surface area contributed by atoms with Gasteiger partial charge in [-0.05, 0) is 29.6 Å². The van der Waals surface area contributed by atoms with Crippen molar-refractivity contribution in [3.8, 4) is 5.75 Å². The number of carbonyl (C=O) groups is 1. The van der Waals surface area contributed by atoms with E-state index < -0.39 is 17.6 Å². The van der Waals surface area contributed by atoms with Gasteiger partial charge in [0.05, 0.1) is 17.4 Å². The van der Waals surface area contributed by atoms with Crippen LogP contribution in [0.15, 0.2) is 60.2 Å². The second kappa shape index (κ2) is 7.57. The molecule has 3 rings (SSSR count). The van der Waals surface area contributed by atoms with E-state index in [9.17, 15) is 18.0 Å². The van der Waals surface area contributed by atoms with Gasteiger partial charge in [-0.25, -0.2) is 0 Å². The number of ether oxygens (including phenoxy) is 1. The highest BCUT2D eigenvalue weighted by Gasteiger charge is 2.33. The van der Waals surface area contributed by atoms with Gasteiger partial charge in [0.1, 0.15) is 17.2 Å². The van der Waals surface area contributed by atoms with Crippen molar-refractivity contribution in [2.75, 3.05) is 5.32 Å². The van der Waals surface area contributed by atoms with Crippen LogP contribution in [-0.2, 0) is 12.8 Å². The molecule has 0 saturated heterocycles. The van der Waals surface area contributed by atoms with Crippen LogP contribution in [0.3, 0.4) is 0 Å². The topological polar surface area (TPSA) is 51.2 Å². The fourth-order valence-electron chi connectivity index (χ4n) is 2.28.